The van der Waals surface area contributed by atoms with Gasteiger partial charge in [0, 0.05) is 18.2 Å². The van der Waals surface area contributed by atoms with Crippen molar-refractivity contribution in [3.05, 3.63) is 77.9 Å². The molecular formula is C21H17NO5S. The largest absolute Gasteiger partial charge is 0.479 e. The first kappa shape index (κ1) is 18.1. The molecule has 0 atom stereocenters. The van der Waals surface area contributed by atoms with Crippen LogP contribution in [0.1, 0.15) is 11.1 Å². The van der Waals surface area contributed by atoms with Crippen molar-refractivity contribution in [3.63, 3.8) is 0 Å². The Morgan fingerprint density at radius 1 is 1.00 bits per heavy atom. The number of benzene rings is 3. The Hall–Kier alpha value is -3.32. The maximum absolute atomic E-state index is 13.1. The van der Waals surface area contributed by atoms with E-state index in [-0.39, 0.29) is 10.7 Å². The zero-order chi connectivity index (χ0) is 19.9. The Balaban J connectivity index is 2.01. The second-order valence-electron chi connectivity index (χ2n) is 6.39. The molecule has 0 aromatic heterocycles. The van der Waals surface area contributed by atoms with Crippen molar-refractivity contribution in [2.45, 2.75) is 4.90 Å². The van der Waals surface area contributed by atoms with Crippen molar-refractivity contribution in [1.29, 1.82) is 0 Å². The topological polar surface area (TPSA) is 83.9 Å². The summed E-state index contributed by atoms with van der Waals surface area (Å²) >= 11 is 0. The predicted molar refractivity (Wildman–Crippen MR) is 106 cm³/mol. The number of carboxylic acid groups (broad SMARTS) is 1. The van der Waals surface area contributed by atoms with Gasteiger partial charge in [-0.3, -0.25) is 4.31 Å². The number of aliphatic carboxylic acids is 1. The first-order valence-electron chi connectivity index (χ1n) is 8.56. The number of ether oxygens (including phenoxy) is 1. The zero-order valence-corrected chi connectivity index (χ0v) is 15.8. The lowest BCUT2D eigenvalue weighted by Gasteiger charge is -2.31. The fourth-order valence-electron chi connectivity index (χ4n) is 3.35. The van der Waals surface area contributed by atoms with Crippen LogP contribution in [0, 0.1) is 0 Å². The van der Waals surface area contributed by atoms with E-state index < -0.39 is 22.6 Å². The van der Waals surface area contributed by atoms with Gasteiger partial charge in [0.1, 0.15) is 5.70 Å². The van der Waals surface area contributed by atoms with Gasteiger partial charge < -0.3 is 9.84 Å². The second-order valence-corrected chi connectivity index (χ2v) is 8.33. The summed E-state index contributed by atoms with van der Waals surface area (Å²) in [4.78, 5) is 11.2. The van der Waals surface area contributed by atoms with Crippen molar-refractivity contribution in [2.24, 2.45) is 0 Å². The number of hydrogen-bond donors (Lipinski definition) is 1. The van der Waals surface area contributed by atoms with E-state index in [1.165, 1.54) is 13.1 Å². The third-order valence-corrected chi connectivity index (χ3v) is 6.48. The molecule has 28 heavy (non-hydrogen) atoms. The normalized spacial score (nSPS) is 15.4. The highest BCUT2D eigenvalue weighted by Crippen LogP contribution is 2.41. The van der Waals surface area contributed by atoms with Crippen molar-refractivity contribution in [3.8, 4) is 0 Å². The number of rotatable bonds is 4. The van der Waals surface area contributed by atoms with Crippen molar-refractivity contribution >= 4 is 38.2 Å². The average Bonchev–Trinajstić information content (AvgIpc) is 2.69. The molecule has 0 spiro atoms. The van der Waals surface area contributed by atoms with Crippen LogP contribution in [-0.4, -0.2) is 37.5 Å². The molecule has 7 heteroatoms. The summed E-state index contributed by atoms with van der Waals surface area (Å²) in [5.41, 5.74) is 1.29. The number of sulfonamides is 1. The molecule has 0 saturated carbocycles. The van der Waals surface area contributed by atoms with E-state index in [0.717, 1.165) is 15.1 Å². The molecule has 1 aliphatic rings. The second kappa shape index (κ2) is 6.69. The molecular weight excluding hydrogens is 378 g/mol. The van der Waals surface area contributed by atoms with Crippen LogP contribution in [0.4, 0.5) is 0 Å². The molecule has 1 aliphatic heterocycles. The summed E-state index contributed by atoms with van der Waals surface area (Å²) in [7, 11) is -2.35. The molecule has 0 amide bonds. The van der Waals surface area contributed by atoms with Gasteiger partial charge in [0.05, 0.1) is 4.90 Å². The first-order valence-corrected chi connectivity index (χ1v) is 10.00. The van der Waals surface area contributed by atoms with Gasteiger partial charge in [0.2, 0.25) is 0 Å². The molecule has 6 nitrogen and oxygen atoms in total. The van der Waals surface area contributed by atoms with Gasteiger partial charge in [0.25, 0.3) is 10.0 Å². The van der Waals surface area contributed by atoms with E-state index in [1.54, 1.807) is 18.2 Å². The van der Waals surface area contributed by atoms with E-state index >= 15 is 0 Å². The van der Waals surface area contributed by atoms with Gasteiger partial charge >= 0.3 is 5.97 Å². The minimum absolute atomic E-state index is 0.0856. The van der Waals surface area contributed by atoms with Crippen LogP contribution in [-0.2, 0) is 19.6 Å². The first-order chi connectivity index (χ1) is 13.4. The van der Waals surface area contributed by atoms with E-state index in [9.17, 15) is 13.2 Å². The van der Waals surface area contributed by atoms with Crippen LogP contribution in [0.15, 0.2) is 71.6 Å². The molecule has 1 N–H and O–H groups in total. The molecule has 3 aromatic rings. The summed E-state index contributed by atoms with van der Waals surface area (Å²) in [6, 6.07) is 19.7. The van der Waals surface area contributed by atoms with Crippen molar-refractivity contribution < 1.29 is 23.1 Å². The standard InChI is InChI=1S/C21H17NO5S/c1-22-20(16-11-10-14-6-2-3-7-15(14)12-16)21(27-13-19(23)24)17-8-4-5-9-18(17)28(22,25)26/h2-12H,13H2,1H3,(H,23,24). The Labute approximate surface area is 162 Å². The van der Waals surface area contributed by atoms with E-state index in [0.29, 0.717) is 16.8 Å². The summed E-state index contributed by atoms with van der Waals surface area (Å²) in [5.74, 6) is -0.912. The lowest BCUT2D eigenvalue weighted by atomic mass is 10.0. The lowest BCUT2D eigenvalue weighted by Crippen LogP contribution is -2.31. The van der Waals surface area contributed by atoms with Gasteiger partial charge in [-0.2, -0.15) is 0 Å². The quantitative estimate of drug-likeness (QED) is 0.732. The average molecular weight is 395 g/mol. The maximum atomic E-state index is 13.1. The molecule has 1 heterocycles. The van der Waals surface area contributed by atoms with Crippen molar-refractivity contribution in [1.82, 2.24) is 4.31 Å². The molecule has 4 rings (SSSR count). The smallest absolute Gasteiger partial charge is 0.341 e. The number of carboxylic acids is 1. The SMILES string of the molecule is CN1C(c2ccc3ccccc3c2)=C(OCC(=O)O)c2ccccc2S1(=O)=O. The molecule has 0 saturated heterocycles. The Morgan fingerprint density at radius 3 is 2.43 bits per heavy atom. The van der Waals surface area contributed by atoms with Gasteiger partial charge in [-0.05, 0) is 29.0 Å². The molecule has 142 valence electrons. The fraction of sp³-hybridized carbons (Fsp3) is 0.0952. The molecule has 0 bridgehead atoms. The zero-order valence-electron chi connectivity index (χ0n) is 15.0. The Morgan fingerprint density at radius 2 is 1.68 bits per heavy atom. The summed E-state index contributed by atoms with van der Waals surface area (Å²) < 4.78 is 32.8. The minimum Gasteiger partial charge on any atom is -0.479 e. The molecule has 3 aromatic carbocycles. The fourth-order valence-corrected chi connectivity index (χ4v) is 4.76. The van der Waals surface area contributed by atoms with E-state index in [1.807, 2.05) is 42.5 Å². The maximum Gasteiger partial charge on any atom is 0.341 e. The highest BCUT2D eigenvalue weighted by Gasteiger charge is 2.36. The van der Waals surface area contributed by atoms with Gasteiger partial charge in [-0.25, -0.2) is 13.2 Å². The van der Waals surface area contributed by atoms with Crippen LogP contribution >= 0.6 is 0 Å². The molecule has 0 fully saturated rings. The molecule has 0 aliphatic carbocycles. The van der Waals surface area contributed by atoms with Crippen LogP contribution in [0.3, 0.4) is 0 Å². The van der Waals surface area contributed by atoms with Crippen LogP contribution < -0.4 is 0 Å². The summed E-state index contributed by atoms with van der Waals surface area (Å²) in [5, 5.41) is 11.0. The Kier molecular flexibility index (Phi) is 4.31. The highest BCUT2D eigenvalue weighted by molar-refractivity contribution is 7.89. The summed E-state index contributed by atoms with van der Waals surface area (Å²) in [6.07, 6.45) is 0. The monoisotopic (exact) mass is 395 g/mol. The number of nitrogens with zero attached hydrogens (tertiary/aromatic N) is 1. The van der Waals surface area contributed by atoms with Crippen LogP contribution in [0.25, 0.3) is 22.2 Å². The van der Waals surface area contributed by atoms with Gasteiger partial charge in [-0.15, -0.1) is 0 Å². The summed E-state index contributed by atoms with van der Waals surface area (Å²) in [6.45, 7) is -0.575. The number of carbonyl (C=O) groups is 1. The highest BCUT2D eigenvalue weighted by atomic mass is 32.2. The Bertz CT molecular complexity index is 1230. The molecule has 0 unspecified atom stereocenters. The van der Waals surface area contributed by atoms with Crippen molar-refractivity contribution in [2.75, 3.05) is 13.7 Å². The van der Waals surface area contributed by atoms with Crippen LogP contribution in [0.2, 0.25) is 0 Å². The van der Waals surface area contributed by atoms with E-state index in [2.05, 4.69) is 0 Å². The molecule has 0 radical (unpaired) electrons. The third kappa shape index (κ3) is 2.90. The van der Waals surface area contributed by atoms with Crippen LogP contribution in [0.5, 0.6) is 0 Å². The lowest BCUT2D eigenvalue weighted by molar-refractivity contribution is -0.139. The third-order valence-electron chi connectivity index (χ3n) is 4.66. The van der Waals surface area contributed by atoms with Gasteiger partial charge in [0.15, 0.2) is 12.4 Å². The van der Waals surface area contributed by atoms with Gasteiger partial charge in [-0.1, -0.05) is 48.5 Å². The number of hydrogen-bond acceptors (Lipinski definition) is 4. The predicted octanol–water partition coefficient (Wildman–Crippen LogP) is 3.40. The number of fused-ring (bicyclic) bond motifs is 2. The van der Waals surface area contributed by atoms with E-state index in [4.69, 9.17) is 9.84 Å². The minimum atomic E-state index is -3.79.